The Hall–Kier alpha value is -0.770. The molecule has 2 aliphatic rings. The van der Waals surface area contributed by atoms with E-state index in [0.29, 0.717) is 6.04 Å². The van der Waals surface area contributed by atoms with Crippen LogP contribution in [0.3, 0.4) is 0 Å². The van der Waals surface area contributed by atoms with Gasteiger partial charge in [0.05, 0.1) is 0 Å². The van der Waals surface area contributed by atoms with Gasteiger partial charge in [0, 0.05) is 25.2 Å². The number of hydrogen-bond acceptors (Lipinski definition) is 2. The maximum absolute atomic E-state index is 11.8. The molecule has 0 saturated carbocycles. The molecular formula is C11H21N3O. The molecule has 0 aliphatic carbocycles. The van der Waals surface area contributed by atoms with E-state index in [9.17, 15) is 4.79 Å². The highest BCUT2D eigenvalue weighted by Gasteiger charge is 2.34. The lowest BCUT2D eigenvalue weighted by Crippen LogP contribution is -2.52. The summed E-state index contributed by atoms with van der Waals surface area (Å²) in [6.45, 7) is 6.91. The molecule has 2 fully saturated rings. The molecule has 0 spiro atoms. The molecule has 86 valence electrons. The third-order valence-electron chi connectivity index (χ3n) is 3.38. The van der Waals surface area contributed by atoms with Gasteiger partial charge >= 0.3 is 6.03 Å². The molecule has 0 aromatic rings. The standard InChI is InChI=1S/C11H21N3O/c1-8(2)13-11(15)14-6-4-9-3-5-12-10(9)7-14/h8-10,12H,3-7H2,1-2H3,(H,13,15)/t9-,10+/m0/s1. The predicted molar refractivity (Wildman–Crippen MR) is 59.8 cm³/mol. The quantitative estimate of drug-likeness (QED) is 0.673. The number of hydrogen-bond donors (Lipinski definition) is 2. The zero-order valence-electron chi connectivity index (χ0n) is 9.62. The lowest BCUT2D eigenvalue weighted by atomic mass is 9.93. The van der Waals surface area contributed by atoms with Crippen molar-refractivity contribution in [2.45, 2.75) is 38.8 Å². The van der Waals surface area contributed by atoms with E-state index in [2.05, 4.69) is 10.6 Å². The predicted octanol–water partition coefficient (Wildman–Crippen LogP) is 0.788. The minimum absolute atomic E-state index is 0.0946. The first-order chi connectivity index (χ1) is 7.16. The van der Waals surface area contributed by atoms with E-state index < -0.39 is 0 Å². The maximum atomic E-state index is 11.8. The van der Waals surface area contributed by atoms with E-state index in [0.717, 1.165) is 32.0 Å². The van der Waals surface area contributed by atoms with Crippen LogP contribution in [0.25, 0.3) is 0 Å². The van der Waals surface area contributed by atoms with Gasteiger partial charge in [-0.3, -0.25) is 0 Å². The largest absolute Gasteiger partial charge is 0.336 e. The van der Waals surface area contributed by atoms with Crippen LogP contribution in [0.4, 0.5) is 4.79 Å². The van der Waals surface area contributed by atoms with E-state index in [-0.39, 0.29) is 12.1 Å². The minimum atomic E-state index is 0.0946. The fraction of sp³-hybridized carbons (Fsp3) is 0.909. The van der Waals surface area contributed by atoms with E-state index in [1.807, 2.05) is 18.7 Å². The van der Waals surface area contributed by atoms with Gasteiger partial charge in [0.2, 0.25) is 0 Å². The van der Waals surface area contributed by atoms with Crippen molar-refractivity contribution in [3.8, 4) is 0 Å². The van der Waals surface area contributed by atoms with Crippen LogP contribution in [0.1, 0.15) is 26.7 Å². The van der Waals surface area contributed by atoms with Crippen molar-refractivity contribution >= 4 is 6.03 Å². The number of carbonyl (C=O) groups is 1. The highest BCUT2D eigenvalue weighted by Crippen LogP contribution is 2.24. The molecular weight excluding hydrogens is 190 g/mol. The Morgan fingerprint density at radius 1 is 1.47 bits per heavy atom. The van der Waals surface area contributed by atoms with E-state index in [4.69, 9.17) is 0 Å². The molecule has 2 saturated heterocycles. The Labute approximate surface area is 91.4 Å². The number of nitrogens with zero attached hydrogens (tertiary/aromatic N) is 1. The van der Waals surface area contributed by atoms with Crippen LogP contribution in [-0.2, 0) is 0 Å². The highest BCUT2D eigenvalue weighted by molar-refractivity contribution is 5.74. The van der Waals surface area contributed by atoms with Gasteiger partial charge in [-0.15, -0.1) is 0 Å². The first kappa shape index (κ1) is 10.7. The smallest absolute Gasteiger partial charge is 0.317 e. The summed E-state index contributed by atoms with van der Waals surface area (Å²) in [4.78, 5) is 13.7. The van der Waals surface area contributed by atoms with Gasteiger partial charge in [-0.05, 0) is 39.2 Å². The summed E-state index contributed by atoms with van der Waals surface area (Å²) in [5.41, 5.74) is 0. The van der Waals surface area contributed by atoms with Gasteiger partial charge in [-0.25, -0.2) is 4.79 Å². The average Bonchev–Trinajstić information content (AvgIpc) is 2.62. The van der Waals surface area contributed by atoms with Crippen LogP contribution in [0.2, 0.25) is 0 Å². The van der Waals surface area contributed by atoms with Crippen LogP contribution < -0.4 is 10.6 Å². The number of carbonyl (C=O) groups excluding carboxylic acids is 1. The van der Waals surface area contributed by atoms with Gasteiger partial charge in [-0.1, -0.05) is 0 Å². The molecule has 2 atom stereocenters. The summed E-state index contributed by atoms with van der Waals surface area (Å²) in [5.74, 6) is 0.799. The Morgan fingerprint density at radius 2 is 2.27 bits per heavy atom. The molecule has 0 aromatic heterocycles. The molecule has 2 N–H and O–H groups in total. The SMILES string of the molecule is CC(C)NC(=O)N1CC[C@@H]2CCN[C@@H]2C1. The second-order valence-corrected chi connectivity index (χ2v) is 4.95. The van der Waals surface area contributed by atoms with Crippen molar-refractivity contribution in [1.82, 2.24) is 15.5 Å². The number of nitrogens with one attached hydrogen (secondary N) is 2. The summed E-state index contributed by atoms with van der Waals surface area (Å²) in [7, 11) is 0. The van der Waals surface area contributed by atoms with Gasteiger partial charge < -0.3 is 15.5 Å². The Bertz CT molecular complexity index is 242. The van der Waals surface area contributed by atoms with Gasteiger partial charge in [-0.2, -0.15) is 0 Å². The molecule has 2 heterocycles. The Morgan fingerprint density at radius 3 is 3.00 bits per heavy atom. The molecule has 0 aromatic carbocycles. The monoisotopic (exact) mass is 211 g/mol. The lowest BCUT2D eigenvalue weighted by molar-refractivity contribution is 0.159. The lowest BCUT2D eigenvalue weighted by Gasteiger charge is -2.35. The second kappa shape index (κ2) is 4.39. The summed E-state index contributed by atoms with van der Waals surface area (Å²) < 4.78 is 0. The van der Waals surface area contributed by atoms with Gasteiger partial charge in [0.15, 0.2) is 0 Å². The first-order valence-electron chi connectivity index (χ1n) is 5.95. The van der Waals surface area contributed by atoms with Gasteiger partial charge in [0.25, 0.3) is 0 Å². The normalized spacial score (nSPS) is 30.5. The van der Waals surface area contributed by atoms with Crippen LogP contribution >= 0.6 is 0 Å². The van der Waals surface area contributed by atoms with Gasteiger partial charge in [0.1, 0.15) is 0 Å². The zero-order chi connectivity index (χ0) is 10.8. The number of amides is 2. The molecule has 15 heavy (non-hydrogen) atoms. The zero-order valence-corrected chi connectivity index (χ0v) is 9.62. The van der Waals surface area contributed by atoms with Crippen LogP contribution in [0, 0.1) is 5.92 Å². The topological polar surface area (TPSA) is 44.4 Å². The first-order valence-corrected chi connectivity index (χ1v) is 5.95. The van der Waals surface area contributed by atoms with Crippen LogP contribution in [0.15, 0.2) is 0 Å². The number of piperidine rings is 1. The van der Waals surface area contributed by atoms with Crippen molar-refractivity contribution in [3.05, 3.63) is 0 Å². The summed E-state index contributed by atoms with van der Waals surface area (Å²) in [6.07, 6.45) is 2.44. The highest BCUT2D eigenvalue weighted by atomic mass is 16.2. The molecule has 2 rings (SSSR count). The second-order valence-electron chi connectivity index (χ2n) is 4.95. The average molecular weight is 211 g/mol. The molecule has 4 heteroatoms. The molecule has 0 radical (unpaired) electrons. The van der Waals surface area contributed by atoms with E-state index in [1.54, 1.807) is 0 Å². The molecule has 4 nitrogen and oxygen atoms in total. The number of fused-ring (bicyclic) bond motifs is 1. The fourth-order valence-electron chi connectivity index (χ4n) is 2.55. The summed E-state index contributed by atoms with van der Waals surface area (Å²) in [5, 5.41) is 6.43. The van der Waals surface area contributed by atoms with Crippen molar-refractivity contribution in [3.63, 3.8) is 0 Å². The maximum Gasteiger partial charge on any atom is 0.317 e. The van der Waals surface area contributed by atoms with Crippen molar-refractivity contribution in [1.29, 1.82) is 0 Å². The van der Waals surface area contributed by atoms with Crippen LogP contribution in [0.5, 0.6) is 0 Å². The Kier molecular flexibility index (Phi) is 3.14. The van der Waals surface area contributed by atoms with Crippen LogP contribution in [-0.4, -0.2) is 42.6 Å². The van der Waals surface area contributed by atoms with Crippen molar-refractivity contribution in [2.75, 3.05) is 19.6 Å². The molecule has 2 aliphatic heterocycles. The number of urea groups is 1. The minimum Gasteiger partial charge on any atom is -0.336 e. The third kappa shape index (κ3) is 2.43. The molecule has 2 amide bonds. The molecule has 0 unspecified atom stereocenters. The number of likely N-dealkylation sites (tertiary alicyclic amines) is 1. The fourth-order valence-corrected chi connectivity index (χ4v) is 2.55. The number of rotatable bonds is 1. The van der Waals surface area contributed by atoms with Crippen molar-refractivity contribution < 1.29 is 4.79 Å². The third-order valence-corrected chi connectivity index (χ3v) is 3.38. The summed E-state index contributed by atoms with van der Waals surface area (Å²) >= 11 is 0. The summed E-state index contributed by atoms with van der Waals surface area (Å²) in [6, 6.07) is 0.862. The molecule has 0 bridgehead atoms. The van der Waals surface area contributed by atoms with Crippen molar-refractivity contribution in [2.24, 2.45) is 5.92 Å². The van der Waals surface area contributed by atoms with E-state index >= 15 is 0 Å². The van der Waals surface area contributed by atoms with E-state index in [1.165, 1.54) is 6.42 Å². The Balaban J connectivity index is 1.86.